The van der Waals surface area contributed by atoms with Gasteiger partial charge in [0, 0.05) is 31.7 Å². The zero-order chi connectivity index (χ0) is 27.0. The maximum Gasteiger partial charge on any atom is 0.419 e. The molecule has 1 saturated heterocycles. The van der Waals surface area contributed by atoms with Crippen molar-refractivity contribution in [1.82, 2.24) is 24.8 Å². The fraction of sp³-hybridized carbons (Fsp3) is 0.481. The SMILES string of the molecule is CC(C(=O)NCCCOc1ccc(-c2cc3c(ncn3C)c(C#N)n2)cc1C(F)(F)F)N1CC2CCC1C2. The maximum atomic E-state index is 13.9. The zero-order valence-electron chi connectivity index (χ0n) is 21.3. The van der Waals surface area contributed by atoms with E-state index in [1.54, 1.807) is 17.7 Å². The third-order valence-corrected chi connectivity index (χ3v) is 7.61. The molecule has 3 heterocycles. The van der Waals surface area contributed by atoms with Gasteiger partial charge < -0.3 is 14.6 Å². The number of imidazole rings is 1. The molecule has 2 bridgehead atoms. The summed E-state index contributed by atoms with van der Waals surface area (Å²) < 4.78 is 48.9. The number of halogens is 3. The van der Waals surface area contributed by atoms with Crippen molar-refractivity contribution in [3.05, 3.63) is 41.9 Å². The topological polar surface area (TPSA) is 96.1 Å². The molecule has 3 unspecified atom stereocenters. The lowest BCUT2D eigenvalue weighted by molar-refractivity contribution is -0.138. The number of amides is 1. The summed E-state index contributed by atoms with van der Waals surface area (Å²) in [6.07, 6.45) is 0.786. The molecule has 0 radical (unpaired) electrons. The van der Waals surface area contributed by atoms with Crippen molar-refractivity contribution in [3.63, 3.8) is 0 Å². The average molecular weight is 527 g/mol. The van der Waals surface area contributed by atoms with Gasteiger partial charge in [-0.2, -0.15) is 18.4 Å². The number of ether oxygens (including phenoxy) is 1. The van der Waals surface area contributed by atoms with Crippen LogP contribution in [0.4, 0.5) is 13.2 Å². The molecule has 1 N–H and O–H groups in total. The van der Waals surface area contributed by atoms with Crippen molar-refractivity contribution >= 4 is 16.9 Å². The van der Waals surface area contributed by atoms with Gasteiger partial charge >= 0.3 is 6.18 Å². The summed E-state index contributed by atoms with van der Waals surface area (Å²) in [5, 5.41) is 12.3. The van der Waals surface area contributed by atoms with Gasteiger partial charge in [-0.05, 0) is 62.8 Å². The molecule has 2 aliphatic rings. The maximum absolute atomic E-state index is 13.9. The highest BCUT2D eigenvalue weighted by Gasteiger charge is 2.41. The summed E-state index contributed by atoms with van der Waals surface area (Å²) in [7, 11) is 1.73. The van der Waals surface area contributed by atoms with E-state index in [1.807, 2.05) is 13.0 Å². The second-order valence-electron chi connectivity index (χ2n) is 10.1. The lowest BCUT2D eigenvalue weighted by atomic mass is 10.1. The Kier molecular flexibility index (Phi) is 7.01. The van der Waals surface area contributed by atoms with E-state index in [9.17, 15) is 23.2 Å². The number of benzene rings is 1. The van der Waals surface area contributed by atoms with E-state index in [2.05, 4.69) is 20.2 Å². The van der Waals surface area contributed by atoms with Crippen molar-refractivity contribution < 1.29 is 22.7 Å². The van der Waals surface area contributed by atoms with Gasteiger partial charge in [0.15, 0.2) is 5.69 Å². The van der Waals surface area contributed by atoms with E-state index in [1.165, 1.54) is 31.3 Å². The first-order valence-corrected chi connectivity index (χ1v) is 12.8. The van der Waals surface area contributed by atoms with Gasteiger partial charge in [0.05, 0.1) is 35.8 Å². The number of nitrogens with zero attached hydrogens (tertiary/aromatic N) is 5. The molecule has 3 atom stereocenters. The van der Waals surface area contributed by atoms with Crippen LogP contribution in [0.25, 0.3) is 22.3 Å². The Hall–Kier alpha value is -3.65. The lowest BCUT2D eigenvalue weighted by Crippen LogP contribution is -2.48. The van der Waals surface area contributed by atoms with Crippen LogP contribution in [-0.4, -0.2) is 57.1 Å². The van der Waals surface area contributed by atoms with Crippen LogP contribution in [0.3, 0.4) is 0 Å². The zero-order valence-corrected chi connectivity index (χ0v) is 21.3. The van der Waals surface area contributed by atoms with Gasteiger partial charge in [0.2, 0.25) is 5.91 Å². The number of nitriles is 1. The van der Waals surface area contributed by atoms with E-state index in [0.29, 0.717) is 36.0 Å². The predicted octanol–water partition coefficient (Wildman–Crippen LogP) is 4.28. The summed E-state index contributed by atoms with van der Waals surface area (Å²) in [6.45, 7) is 3.20. The number of piperidine rings is 1. The van der Waals surface area contributed by atoms with Gasteiger partial charge in [0.1, 0.15) is 17.3 Å². The molecular weight excluding hydrogens is 497 g/mol. The summed E-state index contributed by atoms with van der Waals surface area (Å²) in [6, 6.07) is 7.58. The molecule has 1 aliphatic heterocycles. The summed E-state index contributed by atoms with van der Waals surface area (Å²) >= 11 is 0. The number of carbonyl (C=O) groups excluding carboxylic acids is 1. The molecule has 2 aromatic heterocycles. The van der Waals surface area contributed by atoms with Crippen LogP contribution in [0.5, 0.6) is 5.75 Å². The van der Waals surface area contributed by atoms with Crippen LogP contribution in [0.2, 0.25) is 0 Å². The van der Waals surface area contributed by atoms with Crippen LogP contribution in [0.1, 0.15) is 43.9 Å². The van der Waals surface area contributed by atoms with Crippen molar-refractivity contribution in [1.29, 1.82) is 5.26 Å². The van der Waals surface area contributed by atoms with Crippen LogP contribution < -0.4 is 10.1 Å². The molecule has 11 heteroatoms. The number of pyridine rings is 1. The normalized spacial score (nSPS) is 20.0. The van der Waals surface area contributed by atoms with Gasteiger partial charge in [-0.15, -0.1) is 0 Å². The van der Waals surface area contributed by atoms with E-state index in [4.69, 9.17) is 4.74 Å². The van der Waals surface area contributed by atoms with E-state index >= 15 is 0 Å². The predicted molar refractivity (Wildman–Crippen MR) is 134 cm³/mol. The number of fused-ring (bicyclic) bond motifs is 3. The molecule has 38 heavy (non-hydrogen) atoms. The molecule has 8 nitrogen and oxygen atoms in total. The first-order chi connectivity index (χ1) is 18.2. The van der Waals surface area contributed by atoms with Crippen LogP contribution >= 0.6 is 0 Å². The molecule has 1 saturated carbocycles. The average Bonchev–Trinajstić information content (AvgIpc) is 3.63. The van der Waals surface area contributed by atoms with Crippen molar-refractivity contribution in [2.45, 2.75) is 50.9 Å². The lowest BCUT2D eigenvalue weighted by Gasteiger charge is -2.31. The largest absolute Gasteiger partial charge is 0.493 e. The number of aryl methyl sites for hydroxylation is 1. The minimum absolute atomic E-state index is 0.0172. The molecule has 1 amide bonds. The first kappa shape index (κ1) is 26.0. The Morgan fingerprint density at radius 1 is 1.32 bits per heavy atom. The van der Waals surface area contributed by atoms with Gasteiger partial charge in [0.25, 0.3) is 0 Å². The fourth-order valence-electron chi connectivity index (χ4n) is 5.59. The molecule has 200 valence electrons. The first-order valence-electron chi connectivity index (χ1n) is 12.8. The smallest absolute Gasteiger partial charge is 0.419 e. The number of carbonyl (C=O) groups is 1. The van der Waals surface area contributed by atoms with Crippen molar-refractivity contribution in [2.75, 3.05) is 19.7 Å². The molecule has 2 fully saturated rings. The molecular formula is C27H29F3N6O2. The number of likely N-dealkylation sites (tertiary alicyclic amines) is 1. The number of aromatic nitrogens is 3. The van der Waals surface area contributed by atoms with E-state index in [0.717, 1.165) is 19.0 Å². The number of hydrogen-bond donors (Lipinski definition) is 1. The summed E-state index contributed by atoms with van der Waals surface area (Å²) in [5.41, 5.74) is 0.541. The van der Waals surface area contributed by atoms with Gasteiger partial charge in [-0.3, -0.25) is 9.69 Å². The number of nitrogens with one attached hydrogen (secondary N) is 1. The standard InChI is InChI=1S/C27H29F3N6O2/c1-16(36-14-17-4-6-19(36)10-17)26(37)32-8-3-9-38-24-7-5-18(11-20(24)27(28,29)30)21-12-23-25(22(13-31)34-21)33-15-35(23)2/h5,7,11-12,15-17,19H,3-4,6,8-10,14H2,1-2H3,(H,32,37). The van der Waals surface area contributed by atoms with Crippen LogP contribution in [-0.2, 0) is 18.0 Å². The quantitative estimate of drug-likeness (QED) is 0.440. The fourth-order valence-corrected chi connectivity index (χ4v) is 5.59. The van der Waals surface area contributed by atoms with Gasteiger partial charge in [-0.25, -0.2) is 9.97 Å². The minimum atomic E-state index is -4.65. The summed E-state index contributed by atoms with van der Waals surface area (Å²) in [4.78, 5) is 23.2. The highest BCUT2D eigenvalue weighted by Crippen LogP contribution is 2.40. The van der Waals surface area contributed by atoms with E-state index < -0.39 is 11.7 Å². The minimum Gasteiger partial charge on any atom is -0.493 e. The number of rotatable bonds is 8. The molecule has 0 spiro atoms. The molecule has 5 rings (SSSR count). The van der Waals surface area contributed by atoms with Gasteiger partial charge in [-0.1, -0.05) is 0 Å². The Labute approximate surface area is 218 Å². The third kappa shape index (κ3) is 5.05. The number of hydrogen-bond acceptors (Lipinski definition) is 6. The van der Waals surface area contributed by atoms with Crippen LogP contribution in [0, 0.1) is 17.2 Å². The Bertz CT molecular complexity index is 1400. The third-order valence-electron chi connectivity index (χ3n) is 7.61. The van der Waals surface area contributed by atoms with Crippen molar-refractivity contribution in [2.24, 2.45) is 13.0 Å². The Morgan fingerprint density at radius 2 is 2.13 bits per heavy atom. The van der Waals surface area contributed by atoms with Crippen LogP contribution in [0.15, 0.2) is 30.6 Å². The van der Waals surface area contributed by atoms with Crippen molar-refractivity contribution in [3.8, 4) is 23.1 Å². The summed E-state index contributed by atoms with van der Waals surface area (Å²) in [5.74, 6) is 0.337. The Balaban J connectivity index is 1.22. The highest BCUT2D eigenvalue weighted by atomic mass is 19.4. The van der Waals surface area contributed by atoms with E-state index in [-0.39, 0.29) is 41.3 Å². The monoisotopic (exact) mass is 526 g/mol. The molecule has 1 aromatic carbocycles. The molecule has 1 aliphatic carbocycles. The Morgan fingerprint density at radius 3 is 2.82 bits per heavy atom. The number of alkyl halides is 3. The molecule has 3 aromatic rings. The second kappa shape index (κ2) is 10.3. The second-order valence-corrected chi connectivity index (χ2v) is 10.1. The highest BCUT2D eigenvalue weighted by molar-refractivity contribution is 5.84.